The van der Waals surface area contributed by atoms with Gasteiger partial charge in [-0.2, -0.15) is 0 Å². The van der Waals surface area contributed by atoms with Crippen molar-refractivity contribution >= 4 is 35.3 Å². The topological polar surface area (TPSA) is 78.4 Å². The summed E-state index contributed by atoms with van der Waals surface area (Å²) in [4.78, 5) is 22.4. The lowest BCUT2D eigenvalue weighted by atomic mass is 10.2. The summed E-state index contributed by atoms with van der Waals surface area (Å²) in [7, 11) is 0. The number of carboxylic acids is 1. The molecule has 0 heterocycles. The first-order chi connectivity index (χ1) is 9.52. The van der Waals surface area contributed by atoms with Crippen molar-refractivity contribution in [2.45, 2.75) is 19.4 Å². The van der Waals surface area contributed by atoms with Crippen molar-refractivity contribution in [3.8, 4) is 0 Å². The highest BCUT2D eigenvalue weighted by atomic mass is 32.1. The minimum absolute atomic E-state index is 0.00182. The molecule has 0 saturated carbocycles. The van der Waals surface area contributed by atoms with Gasteiger partial charge in [0, 0.05) is 6.08 Å². The zero-order valence-electron chi connectivity index (χ0n) is 11.0. The van der Waals surface area contributed by atoms with Crippen LogP contribution in [0.4, 0.5) is 0 Å². The first kappa shape index (κ1) is 15.8. The highest BCUT2D eigenvalue weighted by molar-refractivity contribution is 7.80. The fourth-order valence-corrected chi connectivity index (χ4v) is 1.67. The van der Waals surface area contributed by atoms with E-state index < -0.39 is 17.9 Å². The number of benzene rings is 1. The van der Waals surface area contributed by atoms with Gasteiger partial charge in [-0.15, -0.1) is 0 Å². The van der Waals surface area contributed by atoms with Gasteiger partial charge in [0.25, 0.3) is 0 Å². The number of carboxylic acid groups (broad SMARTS) is 1. The molecule has 1 amide bonds. The van der Waals surface area contributed by atoms with Gasteiger partial charge in [-0.05, 0) is 30.3 Å². The Bertz CT molecular complexity index is 514. The number of carbonyl (C=O) groups is 2. The van der Waals surface area contributed by atoms with Crippen LogP contribution in [0.5, 0.6) is 0 Å². The zero-order chi connectivity index (χ0) is 15.0. The van der Waals surface area contributed by atoms with E-state index in [0.717, 1.165) is 5.56 Å². The lowest BCUT2D eigenvalue weighted by Gasteiger charge is -2.14. The molecule has 0 aliphatic rings. The number of aliphatic carboxylic acids is 1. The van der Waals surface area contributed by atoms with Gasteiger partial charge in [0.15, 0.2) is 5.11 Å². The van der Waals surface area contributed by atoms with Gasteiger partial charge in [0.2, 0.25) is 5.91 Å². The molecule has 0 saturated heterocycles. The van der Waals surface area contributed by atoms with Gasteiger partial charge in [-0.25, -0.2) is 4.79 Å². The first-order valence-corrected chi connectivity index (χ1v) is 6.51. The molecule has 1 atom stereocenters. The number of hydrogen-bond acceptors (Lipinski definition) is 3. The third-order valence-electron chi connectivity index (χ3n) is 2.48. The van der Waals surface area contributed by atoms with Gasteiger partial charge >= 0.3 is 5.97 Å². The van der Waals surface area contributed by atoms with Crippen LogP contribution in [-0.4, -0.2) is 28.1 Å². The molecule has 0 bridgehead atoms. The van der Waals surface area contributed by atoms with Crippen LogP contribution in [0, 0.1) is 0 Å². The SMILES string of the molecule is CCC(NC(=S)NC(=O)C=Cc1ccccc1)C(=O)O. The number of hydrogen-bond donors (Lipinski definition) is 3. The van der Waals surface area contributed by atoms with Crippen molar-refractivity contribution in [3.05, 3.63) is 42.0 Å². The van der Waals surface area contributed by atoms with Gasteiger partial charge in [-0.1, -0.05) is 37.3 Å². The van der Waals surface area contributed by atoms with Gasteiger partial charge < -0.3 is 10.4 Å². The van der Waals surface area contributed by atoms with E-state index in [2.05, 4.69) is 10.6 Å². The van der Waals surface area contributed by atoms with E-state index in [1.165, 1.54) is 6.08 Å². The van der Waals surface area contributed by atoms with Crippen molar-refractivity contribution in [3.63, 3.8) is 0 Å². The van der Waals surface area contributed by atoms with Crippen molar-refractivity contribution in [1.82, 2.24) is 10.6 Å². The van der Waals surface area contributed by atoms with Crippen LogP contribution in [0.2, 0.25) is 0 Å². The smallest absolute Gasteiger partial charge is 0.326 e. The molecule has 6 heteroatoms. The van der Waals surface area contributed by atoms with E-state index in [1.807, 2.05) is 30.3 Å². The van der Waals surface area contributed by atoms with E-state index in [1.54, 1.807) is 13.0 Å². The lowest BCUT2D eigenvalue weighted by Crippen LogP contribution is -2.46. The van der Waals surface area contributed by atoms with Crippen LogP contribution < -0.4 is 10.6 Å². The Morgan fingerprint density at radius 3 is 2.55 bits per heavy atom. The molecule has 0 aliphatic heterocycles. The number of amides is 1. The van der Waals surface area contributed by atoms with Crippen LogP contribution in [0.1, 0.15) is 18.9 Å². The number of nitrogens with one attached hydrogen (secondary N) is 2. The van der Waals surface area contributed by atoms with Crippen LogP contribution in [0.3, 0.4) is 0 Å². The molecule has 0 radical (unpaired) electrons. The van der Waals surface area contributed by atoms with E-state index in [0.29, 0.717) is 6.42 Å². The average molecular weight is 292 g/mol. The molecule has 1 aromatic rings. The zero-order valence-corrected chi connectivity index (χ0v) is 11.8. The normalized spacial score (nSPS) is 11.8. The molecule has 1 aromatic carbocycles. The number of rotatable bonds is 5. The Kier molecular flexibility index (Phi) is 6.39. The Morgan fingerprint density at radius 2 is 2.00 bits per heavy atom. The maximum Gasteiger partial charge on any atom is 0.326 e. The van der Waals surface area contributed by atoms with Crippen LogP contribution >= 0.6 is 12.2 Å². The second-order valence-corrected chi connectivity index (χ2v) is 4.41. The third-order valence-corrected chi connectivity index (χ3v) is 2.70. The maximum atomic E-state index is 11.6. The van der Waals surface area contributed by atoms with Crippen LogP contribution in [0.25, 0.3) is 6.08 Å². The van der Waals surface area contributed by atoms with Crippen molar-refractivity contribution in [2.75, 3.05) is 0 Å². The quantitative estimate of drug-likeness (QED) is 0.567. The molecule has 3 N–H and O–H groups in total. The van der Waals surface area contributed by atoms with Crippen molar-refractivity contribution in [1.29, 1.82) is 0 Å². The predicted octanol–water partition coefficient (Wildman–Crippen LogP) is 1.55. The summed E-state index contributed by atoms with van der Waals surface area (Å²) in [5.74, 6) is -1.42. The molecule has 1 unspecified atom stereocenters. The van der Waals surface area contributed by atoms with E-state index in [-0.39, 0.29) is 5.11 Å². The van der Waals surface area contributed by atoms with Gasteiger partial charge in [-0.3, -0.25) is 10.1 Å². The molecule has 0 fully saturated rings. The fraction of sp³-hybridized carbons (Fsp3) is 0.214. The van der Waals surface area contributed by atoms with E-state index >= 15 is 0 Å². The summed E-state index contributed by atoms with van der Waals surface area (Å²) in [6.07, 6.45) is 3.35. The number of thiocarbonyl (C=S) groups is 1. The highest BCUT2D eigenvalue weighted by Crippen LogP contribution is 2.00. The molecule has 0 spiro atoms. The Morgan fingerprint density at radius 1 is 1.35 bits per heavy atom. The van der Waals surface area contributed by atoms with Crippen molar-refractivity contribution in [2.24, 2.45) is 0 Å². The molecule has 106 valence electrons. The summed E-state index contributed by atoms with van der Waals surface area (Å²) < 4.78 is 0. The van der Waals surface area contributed by atoms with E-state index in [9.17, 15) is 9.59 Å². The molecule has 1 rings (SSSR count). The molecule has 0 aliphatic carbocycles. The fourth-order valence-electron chi connectivity index (χ4n) is 1.42. The second kappa shape index (κ2) is 8.06. The number of carbonyl (C=O) groups excluding carboxylic acids is 1. The van der Waals surface area contributed by atoms with Gasteiger partial charge in [0.05, 0.1) is 0 Å². The summed E-state index contributed by atoms with van der Waals surface area (Å²) in [6, 6.07) is 8.52. The molecular weight excluding hydrogens is 276 g/mol. The molecule has 5 nitrogen and oxygen atoms in total. The third kappa shape index (κ3) is 5.62. The van der Waals surface area contributed by atoms with Gasteiger partial charge in [0.1, 0.15) is 6.04 Å². The summed E-state index contributed by atoms with van der Waals surface area (Å²) in [5.41, 5.74) is 0.887. The van der Waals surface area contributed by atoms with Crippen LogP contribution in [-0.2, 0) is 9.59 Å². The molecule has 0 aromatic heterocycles. The van der Waals surface area contributed by atoms with Crippen molar-refractivity contribution < 1.29 is 14.7 Å². The summed E-state index contributed by atoms with van der Waals surface area (Å²) in [6.45, 7) is 1.71. The largest absolute Gasteiger partial charge is 0.480 e. The molecular formula is C14H16N2O3S. The average Bonchev–Trinajstić information content (AvgIpc) is 2.43. The standard InChI is InChI=1S/C14H16N2O3S/c1-2-11(13(18)19)15-14(20)16-12(17)9-8-10-6-4-3-5-7-10/h3-9,11H,2H2,1H3,(H,18,19)(H2,15,16,17,20). The van der Waals surface area contributed by atoms with Crippen LogP contribution in [0.15, 0.2) is 36.4 Å². The monoisotopic (exact) mass is 292 g/mol. The molecule has 20 heavy (non-hydrogen) atoms. The first-order valence-electron chi connectivity index (χ1n) is 6.10. The Labute approximate surface area is 122 Å². The maximum absolute atomic E-state index is 11.6. The lowest BCUT2D eigenvalue weighted by molar-refractivity contribution is -0.139. The minimum atomic E-state index is -1.01. The summed E-state index contributed by atoms with van der Waals surface area (Å²) in [5, 5.41) is 13.8. The minimum Gasteiger partial charge on any atom is -0.480 e. The summed E-state index contributed by atoms with van der Waals surface area (Å²) >= 11 is 4.88. The Balaban J connectivity index is 2.48. The predicted molar refractivity (Wildman–Crippen MR) is 81.1 cm³/mol. The highest BCUT2D eigenvalue weighted by Gasteiger charge is 2.15. The Hall–Kier alpha value is -2.21. The second-order valence-electron chi connectivity index (χ2n) is 4.01. The van der Waals surface area contributed by atoms with E-state index in [4.69, 9.17) is 17.3 Å².